The van der Waals surface area contributed by atoms with Crippen LogP contribution in [0.1, 0.15) is 32.6 Å². The lowest BCUT2D eigenvalue weighted by atomic mass is 9.86. The largest absolute Gasteiger partial charge is 0.343 e. The zero-order valence-electron chi connectivity index (χ0n) is 8.62. The molecule has 3 heteroatoms. The molecule has 1 aliphatic carbocycles. The maximum absolute atomic E-state index is 11.6. The summed E-state index contributed by atoms with van der Waals surface area (Å²) in [5, 5.41) is 2.80. The predicted octanol–water partition coefficient (Wildman–Crippen LogP) is 0.642. The van der Waals surface area contributed by atoms with Crippen molar-refractivity contribution in [3.63, 3.8) is 0 Å². The number of nitrogens with one attached hydrogen (secondary N) is 1. The maximum Gasteiger partial charge on any atom is 0.224 e. The van der Waals surface area contributed by atoms with Gasteiger partial charge in [-0.2, -0.15) is 0 Å². The molecule has 3 nitrogen and oxygen atoms in total. The van der Waals surface area contributed by atoms with E-state index in [9.17, 15) is 4.79 Å². The van der Waals surface area contributed by atoms with Crippen molar-refractivity contribution in [3.8, 4) is 12.3 Å². The molecule has 1 unspecified atom stereocenters. The average Bonchev–Trinajstić information content (AvgIpc) is 2.18. The molecule has 1 atom stereocenters. The lowest BCUT2D eigenvalue weighted by molar-refractivity contribution is -0.126. The van der Waals surface area contributed by atoms with Gasteiger partial charge in [-0.1, -0.05) is 5.92 Å². The van der Waals surface area contributed by atoms with Gasteiger partial charge in [0, 0.05) is 12.0 Å². The van der Waals surface area contributed by atoms with Crippen molar-refractivity contribution >= 4 is 5.91 Å². The fourth-order valence-corrected chi connectivity index (χ4v) is 1.75. The van der Waals surface area contributed by atoms with Gasteiger partial charge in [0.25, 0.3) is 0 Å². The first-order valence-electron chi connectivity index (χ1n) is 5.15. The molecule has 0 aromatic carbocycles. The van der Waals surface area contributed by atoms with E-state index in [0.717, 1.165) is 25.7 Å². The summed E-state index contributed by atoms with van der Waals surface area (Å²) in [5.41, 5.74) is 5.76. The van der Waals surface area contributed by atoms with Crippen LogP contribution in [0.4, 0.5) is 0 Å². The first-order chi connectivity index (χ1) is 6.63. The van der Waals surface area contributed by atoms with Crippen LogP contribution in [-0.4, -0.2) is 18.0 Å². The summed E-state index contributed by atoms with van der Waals surface area (Å²) in [5.74, 6) is 2.69. The summed E-state index contributed by atoms with van der Waals surface area (Å²) in [4.78, 5) is 11.6. The molecule has 0 bridgehead atoms. The van der Waals surface area contributed by atoms with Crippen LogP contribution in [0, 0.1) is 18.3 Å². The highest BCUT2D eigenvalue weighted by Gasteiger charge is 2.24. The van der Waals surface area contributed by atoms with Crippen LogP contribution in [0.25, 0.3) is 0 Å². The minimum Gasteiger partial charge on any atom is -0.343 e. The Labute approximate surface area is 85.4 Å². The first-order valence-corrected chi connectivity index (χ1v) is 5.15. The van der Waals surface area contributed by atoms with E-state index in [1.165, 1.54) is 0 Å². The number of terminal acetylenes is 1. The highest BCUT2D eigenvalue weighted by Crippen LogP contribution is 2.23. The van der Waals surface area contributed by atoms with Crippen LogP contribution >= 0.6 is 0 Å². The Bertz CT molecular complexity index is 236. The second-order valence-electron chi connectivity index (χ2n) is 4.01. The Morgan fingerprint density at radius 2 is 2.07 bits per heavy atom. The number of hydrogen-bond acceptors (Lipinski definition) is 2. The van der Waals surface area contributed by atoms with Crippen molar-refractivity contribution in [3.05, 3.63) is 0 Å². The molecule has 1 saturated carbocycles. The summed E-state index contributed by atoms with van der Waals surface area (Å²) < 4.78 is 0. The van der Waals surface area contributed by atoms with E-state index in [1.54, 1.807) is 0 Å². The van der Waals surface area contributed by atoms with Crippen molar-refractivity contribution in [2.24, 2.45) is 11.7 Å². The Hall–Kier alpha value is -1.01. The van der Waals surface area contributed by atoms with E-state index in [0.29, 0.717) is 0 Å². The molecule has 14 heavy (non-hydrogen) atoms. The van der Waals surface area contributed by atoms with E-state index in [-0.39, 0.29) is 23.9 Å². The van der Waals surface area contributed by atoms with E-state index >= 15 is 0 Å². The second-order valence-corrected chi connectivity index (χ2v) is 4.01. The van der Waals surface area contributed by atoms with Crippen molar-refractivity contribution < 1.29 is 4.79 Å². The standard InChI is InChI=1S/C11H18N2O/c1-3-8(2)13-11(14)9-4-6-10(12)7-5-9/h1,8-10H,4-7,12H2,2H3,(H,13,14). The molecular weight excluding hydrogens is 176 g/mol. The molecule has 78 valence electrons. The Balaban J connectivity index is 2.35. The quantitative estimate of drug-likeness (QED) is 0.634. The third kappa shape index (κ3) is 3.04. The molecule has 0 aromatic rings. The molecule has 0 aromatic heterocycles. The Morgan fingerprint density at radius 3 is 2.57 bits per heavy atom. The van der Waals surface area contributed by atoms with Gasteiger partial charge < -0.3 is 11.1 Å². The number of hydrogen-bond donors (Lipinski definition) is 2. The fraction of sp³-hybridized carbons (Fsp3) is 0.727. The van der Waals surface area contributed by atoms with Crippen LogP contribution < -0.4 is 11.1 Å². The summed E-state index contributed by atoms with van der Waals surface area (Å²) in [7, 11) is 0. The third-order valence-electron chi connectivity index (χ3n) is 2.75. The van der Waals surface area contributed by atoms with E-state index in [4.69, 9.17) is 12.2 Å². The monoisotopic (exact) mass is 194 g/mol. The van der Waals surface area contributed by atoms with Gasteiger partial charge in [-0.05, 0) is 32.6 Å². The lowest BCUT2D eigenvalue weighted by Gasteiger charge is -2.25. The molecule has 0 heterocycles. The molecule has 0 radical (unpaired) electrons. The van der Waals surface area contributed by atoms with E-state index in [2.05, 4.69) is 11.2 Å². The molecule has 1 amide bonds. The van der Waals surface area contributed by atoms with Crippen molar-refractivity contribution in [2.75, 3.05) is 0 Å². The lowest BCUT2D eigenvalue weighted by Crippen LogP contribution is -2.39. The van der Waals surface area contributed by atoms with Gasteiger partial charge in [-0.15, -0.1) is 6.42 Å². The van der Waals surface area contributed by atoms with Crippen LogP contribution in [0.2, 0.25) is 0 Å². The first kappa shape index (κ1) is 11.1. The molecule has 0 aliphatic heterocycles. The summed E-state index contributed by atoms with van der Waals surface area (Å²) in [6.07, 6.45) is 8.87. The van der Waals surface area contributed by atoms with Gasteiger partial charge in [0.15, 0.2) is 0 Å². The molecule has 0 spiro atoms. The van der Waals surface area contributed by atoms with Crippen molar-refractivity contribution in [1.82, 2.24) is 5.32 Å². The smallest absolute Gasteiger partial charge is 0.224 e. The molecule has 1 fully saturated rings. The Morgan fingerprint density at radius 1 is 1.50 bits per heavy atom. The van der Waals surface area contributed by atoms with Crippen LogP contribution in [0.5, 0.6) is 0 Å². The summed E-state index contributed by atoms with van der Waals surface area (Å²) in [6, 6.07) is 0.113. The molecule has 0 saturated heterocycles. The topological polar surface area (TPSA) is 55.1 Å². The number of nitrogens with two attached hydrogens (primary N) is 1. The van der Waals surface area contributed by atoms with Gasteiger partial charge in [-0.3, -0.25) is 4.79 Å². The third-order valence-corrected chi connectivity index (χ3v) is 2.75. The number of rotatable bonds is 2. The minimum atomic E-state index is -0.168. The second kappa shape index (κ2) is 5.02. The molecule has 1 rings (SSSR count). The van der Waals surface area contributed by atoms with Crippen LogP contribution in [0.15, 0.2) is 0 Å². The van der Waals surface area contributed by atoms with Gasteiger partial charge in [0.05, 0.1) is 6.04 Å². The number of carbonyl (C=O) groups excluding carboxylic acids is 1. The average molecular weight is 194 g/mol. The minimum absolute atomic E-state index is 0.0855. The van der Waals surface area contributed by atoms with Crippen molar-refractivity contribution in [1.29, 1.82) is 0 Å². The molecular formula is C11H18N2O. The van der Waals surface area contributed by atoms with Crippen molar-refractivity contribution in [2.45, 2.75) is 44.7 Å². The van der Waals surface area contributed by atoms with E-state index < -0.39 is 0 Å². The zero-order valence-corrected chi connectivity index (χ0v) is 8.62. The zero-order chi connectivity index (χ0) is 10.6. The SMILES string of the molecule is C#CC(C)NC(=O)C1CCC(N)CC1. The van der Waals surface area contributed by atoms with Crippen LogP contribution in [-0.2, 0) is 4.79 Å². The molecule has 3 N–H and O–H groups in total. The van der Waals surface area contributed by atoms with E-state index in [1.807, 2.05) is 6.92 Å². The maximum atomic E-state index is 11.6. The fourth-order valence-electron chi connectivity index (χ4n) is 1.75. The highest BCUT2D eigenvalue weighted by atomic mass is 16.1. The van der Waals surface area contributed by atoms with Gasteiger partial charge in [0.2, 0.25) is 5.91 Å². The Kier molecular flexibility index (Phi) is 3.97. The highest BCUT2D eigenvalue weighted by molar-refractivity contribution is 5.79. The van der Waals surface area contributed by atoms with Gasteiger partial charge in [-0.25, -0.2) is 0 Å². The summed E-state index contributed by atoms with van der Waals surface area (Å²) in [6.45, 7) is 1.81. The normalized spacial score (nSPS) is 28.9. The summed E-state index contributed by atoms with van der Waals surface area (Å²) >= 11 is 0. The van der Waals surface area contributed by atoms with Gasteiger partial charge >= 0.3 is 0 Å². The number of amides is 1. The number of carbonyl (C=O) groups is 1. The van der Waals surface area contributed by atoms with Gasteiger partial charge in [0.1, 0.15) is 0 Å². The van der Waals surface area contributed by atoms with Crippen LogP contribution in [0.3, 0.4) is 0 Å². The predicted molar refractivity (Wildman–Crippen MR) is 56.4 cm³/mol. The molecule has 1 aliphatic rings.